The van der Waals surface area contributed by atoms with Gasteiger partial charge in [0.15, 0.2) is 17.7 Å². The Labute approximate surface area is 177 Å². The van der Waals surface area contributed by atoms with E-state index in [1.807, 2.05) is 31.2 Å². The van der Waals surface area contributed by atoms with Crippen LogP contribution in [-0.2, 0) is 34.6 Å². The molecule has 7 heteroatoms. The Morgan fingerprint density at radius 2 is 2.00 bits per heavy atom. The highest BCUT2D eigenvalue weighted by atomic mass is 35.5. The number of carbonyl (C=O) groups is 1. The van der Waals surface area contributed by atoms with Crippen molar-refractivity contribution >= 4 is 17.6 Å². The molecule has 0 spiro atoms. The van der Waals surface area contributed by atoms with E-state index >= 15 is 0 Å². The van der Waals surface area contributed by atoms with Gasteiger partial charge in [-0.1, -0.05) is 44.0 Å². The van der Waals surface area contributed by atoms with Gasteiger partial charge in [0.2, 0.25) is 0 Å². The second kappa shape index (κ2) is 9.00. The zero-order valence-electron chi connectivity index (χ0n) is 17.8. The molecule has 2 aliphatic rings. The summed E-state index contributed by atoms with van der Waals surface area (Å²) in [6.45, 7) is 9.45. The van der Waals surface area contributed by atoms with Gasteiger partial charge < -0.3 is 18.9 Å². The summed E-state index contributed by atoms with van der Waals surface area (Å²) in [4.78, 5) is 12.6. The SMILES string of the molecule is CCCC[C@H](OCl)[C@H]1O[C@]2(C(C)=O)OC(C)(C)O[C@@H]2[C@H]1OCc1ccccc1C. The van der Waals surface area contributed by atoms with Gasteiger partial charge in [0.1, 0.15) is 18.3 Å². The number of benzene rings is 1. The lowest BCUT2D eigenvalue weighted by atomic mass is 9.97. The molecule has 2 heterocycles. The molecule has 1 aromatic rings. The first-order valence-electron chi connectivity index (χ1n) is 10.2. The van der Waals surface area contributed by atoms with Gasteiger partial charge in [-0.25, -0.2) is 0 Å². The normalized spacial score (nSPS) is 31.6. The molecule has 5 atom stereocenters. The van der Waals surface area contributed by atoms with E-state index in [1.54, 1.807) is 13.8 Å². The highest BCUT2D eigenvalue weighted by Crippen LogP contribution is 2.48. The lowest BCUT2D eigenvalue weighted by molar-refractivity contribution is -0.262. The third kappa shape index (κ3) is 4.53. The second-order valence-electron chi connectivity index (χ2n) is 8.32. The summed E-state index contributed by atoms with van der Waals surface area (Å²) in [5, 5.41) is 0. The quantitative estimate of drug-likeness (QED) is 0.581. The van der Waals surface area contributed by atoms with E-state index in [0.717, 1.165) is 24.0 Å². The van der Waals surface area contributed by atoms with Crippen molar-refractivity contribution in [3.8, 4) is 0 Å². The highest BCUT2D eigenvalue weighted by Gasteiger charge is 2.69. The highest BCUT2D eigenvalue weighted by molar-refractivity contribution is 6.07. The maximum absolute atomic E-state index is 12.6. The molecule has 3 rings (SSSR count). The summed E-state index contributed by atoms with van der Waals surface area (Å²) < 4.78 is 29.8. The van der Waals surface area contributed by atoms with Crippen LogP contribution in [0.15, 0.2) is 24.3 Å². The lowest BCUT2D eigenvalue weighted by Gasteiger charge is -2.30. The van der Waals surface area contributed by atoms with Crippen molar-refractivity contribution in [2.45, 2.75) is 96.5 Å². The third-order valence-electron chi connectivity index (χ3n) is 5.62. The van der Waals surface area contributed by atoms with Crippen molar-refractivity contribution < 1.29 is 28.0 Å². The van der Waals surface area contributed by atoms with Crippen LogP contribution in [0, 0.1) is 6.92 Å². The Morgan fingerprint density at radius 1 is 1.28 bits per heavy atom. The van der Waals surface area contributed by atoms with Crippen LogP contribution in [0.4, 0.5) is 0 Å². The molecule has 0 amide bonds. The van der Waals surface area contributed by atoms with Gasteiger partial charge in [-0.2, -0.15) is 0 Å². The monoisotopic (exact) mass is 426 g/mol. The fraction of sp³-hybridized carbons (Fsp3) is 0.682. The Kier molecular flexibility index (Phi) is 7.03. The molecule has 29 heavy (non-hydrogen) atoms. The van der Waals surface area contributed by atoms with Crippen LogP contribution >= 0.6 is 11.9 Å². The Bertz CT molecular complexity index is 723. The summed E-state index contributed by atoms with van der Waals surface area (Å²) in [5.41, 5.74) is 2.18. The van der Waals surface area contributed by atoms with Crippen molar-refractivity contribution in [3.63, 3.8) is 0 Å². The van der Waals surface area contributed by atoms with E-state index in [2.05, 4.69) is 6.92 Å². The number of fused-ring (bicyclic) bond motifs is 1. The average Bonchev–Trinajstić information content (AvgIpc) is 3.10. The maximum Gasteiger partial charge on any atom is 0.261 e. The van der Waals surface area contributed by atoms with Crippen molar-refractivity contribution in [1.82, 2.24) is 0 Å². The zero-order chi connectivity index (χ0) is 21.2. The minimum Gasteiger partial charge on any atom is -0.368 e. The van der Waals surface area contributed by atoms with E-state index < -0.39 is 36.0 Å². The first-order chi connectivity index (χ1) is 13.7. The molecule has 0 N–H and O–H groups in total. The number of ether oxygens (including phenoxy) is 4. The minimum absolute atomic E-state index is 0.260. The number of rotatable bonds is 9. The smallest absolute Gasteiger partial charge is 0.261 e. The second-order valence-corrected chi connectivity index (χ2v) is 8.50. The van der Waals surface area contributed by atoms with Gasteiger partial charge in [0, 0.05) is 6.92 Å². The van der Waals surface area contributed by atoms with Crippen molar-refractivity contribution in [1.29, 1.82) is 0 Å². The van der Waals surface area contributed by atoms with E-state index in [4.69, 9.17) is 35.1 Å². The number of halogens is 1. The van der Waals surface area contributed by atoms with Crippen LogP contribution in [0.3, 0.4) is 0 Å². The largest absolute Gasteiger partial charge is 0.368 e. The first-order valence-corrected chi connectivity index (χ1v) is 10.5. The van der Waals surface area contributed by atoms with Gasteiger partial charge in [-0.3, -0.25) is 9.08 Å². The number of Topliss-reactive ketones (excluding diaryl/α,β-unsaturated/α-hetero) is 1. The van der Waals surface area contributed by atoms with E-state index in [-0.39, 0.29) is 5.78 Å². The Hall–Kier alpha value is -1.02. The fourth-order valence-corrected chi connectivity index (χ4v) is 4.28. The predicted octanol–water partition coefficient (Wildman–Crippen LogP) is 4.45. The molecular formula is C22H31ClO6. The number of carbonyl (C=O) groups excluding carboxylic acids is 1. The van der Waals surface area contributed by atoms with Crippen LogP contribution in [0.5, 0.6) is 0 Å². The zero-order valence-corrected chi connectivity index (χ0v) is 18.5. The Balaban J connectivity index is 1.90. The summed E-state index contributed by atoms with van der Waals surface area (Å²) in [6, 6.07) is 8.00. The van der Waals surface area contributed by atoms with Gasteiger partial charge in [0.05, 0.1) is 18.5 Å². The van der Waals surface area contributed by atoms with E-state index in [0.29, 0.717) is 13.0 Å². The Morgan fingerprint density at radius 3 is 2.62 bits per heavy atom. The molecule has 2 saturated heterocycles. The van der Waals surface area contributed by atoms with Crippen molar-refractivity contribution in [2.24, 2.45) is 0 Å². The first kappa shape index (κ1) is 22.7. The molecule has 0 bridgehead atoms. The van der Waals surface area contributed by atoms with Crippen LogP contribution in [0.1, 0.15) is 58.1 Å². The molecule has 2 fully saturated rings. The van der Waals surface area contributed by atoms with Crippen LogP contribution in [0.2, 0.25) is 0 Å². The van der Waals surface area contributed by atoms with Gasteiger partial charge in [-0.15, -0.1) is 0 Å². The van der Waals surface area contributed by atoms with Crippen molar-refractivity contribution in [2.75, 3.05) is 0 Å². The molecule has 2 aliphatic heterocycles. The number of unbranched alkanes of at least 4 members (excludes halogenated alkanes) is 1. The molecule has 6 nitrogen and oxygen atoms in total. The summed E-state index contributed by atoms with van der Waals surface area (Å²) in [6.07, 6.45) is 0.259. The molecule has 162 valence electrons. The van der Waals surface area contributed by atoms with Crippen LogP contribution in [-0.4, -0.2) is 41.8 Å². The number of hydrogen-bond acceptors (Lipinski definition) is 6. The third-order valence-corrected chi connectivity index (χ3v) is 5.85. The summed E-state index contributed by atoms with van der Waals surface area (Å²) in [7, 11) is 0. The van der Waals surface area contributed by atoms with E-state index in [1.165, 1.54) is 6.92 Å². The molecule has 0 aliphatic carbocycles. The predicted molar refractivity (Wildman–Crippen MR) is 108 cm³/mol. The lowest BCUT2D eigenvalue weighted by Crippen LogP contribution is -2.47. The topological polar surface area (TPSA) is 63.2 Å². The maximum atomic E-state index is 12.6. The molecule has 0 radical (unpaired) electrons. The van der Waals surface area contributed by atoms with Gasteiger partial charge in [0.25, 0.3) is 5.79 Å². The van der Waals surface area contributed by atoms with Gasteiger partial charge >= 0.3 is 0 Å². The van der Waals surface area contributed by atoms with E-state index in [9.17, 15) is 4.79 Å². The molecule has 0 saturated carbocycles. The number of ketones is 1. The number of aryl methyl sites for hydroxylation is 1. The number of hydrogen-bond donors (Lipinski definition) is 0. The summed E-state index contributed by atoms with van der Waals surface area (Å²) >= 11 is 5.83. The average molecular weight is 427 g/mol. The van der Waals surface area contributed by atoms with Crippen LogP contribution < -0.4 is 0 Å². The summed E-state index contributed by atoms with van der Waals surface area (Å²) in [5.74, 6) is -2.75. The molecule has 1 aromatic carbocycles. The fourth-order valence-electron chi connectivity index (χ4n) is 4.09. The van der Waals surface area contributed by atoms with Crippen LogP contribution in [0.25, 0.3) is 0 Å². The standard InChI is InChI=1S/C22H31ClO6/c1-6-7-12-17(28-23)18-19(25-13-16-11-9-8-10-14(16)2)20-22(26-18,15(3)24)29-21(4,5)27-20/h8-11,17-20H,6-7,12-13H2,1-5H3/t17-,18+,19-,20+,22+/m0/s1. The molecular weight excluding hydrogens is 396 g/mol. The minimum atomic E-state index is -1.52. The molecule has 0 aromatic heterocycles. The van der Waals surface area contributed by atoms with Gasteiger partial charge in [-0.05, 0) is 38.3 Å². The van der Waals surface area contributed by atoms with Crippen molar-refractivity contribution in [3.05, 3.63) is 35.4 Å². The molecule has 0 unspecified atom stereocenters.